The van der Waals surface area contributed by atoms with Crippen LogP contribution in [0, 0.1) is 5.92 Å². The van der Waals surface area contributed by atoms with E-state index in [0.717, 1.165) is 6.42 Å². The van der Waals surface area contributed by atoms with Gasteiger partial charge in [0.25, 0.3) is 0 Å². The van der Waals surface area contributed by atoms with Crippen molar-refractivity contribution in [3.63, 3.8) is 0 Å². The maximum Gasteiger partial charge on any atom is 0.221 e. The van der Waals surface area contributed by atoms with Gasteiger partial charge in [-0.2, -0.15) is 4.31 Å². The number of carbonyl (C=O) groups excluding carboxylic acids is 1. The molecule has 0 saturated carbocycles. The number of amides is 1. The van der Waals surface area contributed by atoms with Gasteiger partial charge in [-0.05, 0) is 17.9 Å². The van der Waals surface area contributed by atoms with E-state index >= 15 is 0 Å². The number of hydrogen-bond donors (Lipinski definition) is 1. The molecule has 1 aromatic carbocycles. The molecule has 6 nitrogen and oxygen atoms in total. The van der Waals surface area contributed by atoms with Crippen LogP contribution in [0.1, 0.15) is 18.9 Å². The van der Waals surface area contributed by atoms with Crippen LogP contribution in [0.4, 0.5) is 0 Å². The number of hydrogen-bond acceptors (Lipinski definition) is 4. The van der Waals surface area contributed by atoms with Crippen molar-refractivity contribution in [2.45, 2.75) is 19.8 Å². The summed E-state index contributed by atoms with van der Waals surface area (Å²) in [5, 5.41) is 2.83. The Bertz CT molecular complexity index is 613. The summed E-state index contributed by atoms with van der Waals surface area (Å²) in [7, 11) is -3.37. The first kappa shape index (κ1) is 18.9. The molecular formula is C17H26N2O4S. The second kappa shape index (κ2) is 9.15. The van der Waals surface area contributed by atoms with Crippen LogP contribution in [0.25, 0.3) is 0 Å². The summed E-state index contributed by atoms with van der Waals surface area (Å²) in [5.41, 5.74) is 1.23. The molecule has 0 spiro atoms. The van der Waals surface area contributed by atoms with Crippen molar-refractivity contribution in [2.24, 2.45) is 5.92 Å². The van der Waals surface area contributed by atoms with Crippen LogP contribution in [0.3, 0.4) is 0 Å². The van der Waals surface area contributed by atoms with E-state index in [-0.39, 0.29) is 18.1 Å². The zero-order valence-corrected chi connectivity index (χ0v) is 14.9. The topological polar surface area (TPSA) is 75.7 Å². The number of ether oxygens (including phenoxy) is 1. The van der Waals surface area contributed by atoms with Crippen LogP contribution in [-0.4, -0.2) is 57.2 Å². The SMILES string of the molecule is CC(CNC(=O)CCS(=O)(=O)N1CCOCC1)Cc1ccccc1. The minimum Gasteiger partial charge on any atom is -0.379 e. The molecule has 1 aliphatic heterocycles. The van der Waals surface area contributed by atoms with Gasteiger partial charge in [-0.1, -0.05) is 37.3 Å². The van der Waals surface area contributed by atoms with E-state index in [1.54, 1.807) is 0 Å². The van der Waals surface area contributed by atoms with Crippen molar-refractivity contribution in [3.05, 3.63) is 35.9 Å². The first-order valence-electron chi connectivity index (χ1n) is 8.33. The van der Waals surface area contributed by atoms with Crippen LogP contribution in [-0.2, 0) is 26.0 Å². The summed E-state index contributed by atoms with van der Waals surface area (Å²) in [4.78, 5) is 11.9. The number of sulfonamides is 1. The Labute approximate surface area is 144 Å². The molecule has 1 fully saturated rings. The second-order valence-electron chi connectivity index (χ2n) is 6.18. The van der Waals surface area contributed by atoms with Crippen LogP contribution in [0.15, 0.2) is 30.3 Å². The van der Waals surface area contributed by atoms with Gasteiger partial charge in [0.05, 0.1) is 19.0 Å². The van der Waals surface area contributed by atoms with Gasteiger partial charge >= 0.3 is 0 Å². The Morgan fingerprint density at radius 2 is 1.92 bits per heavy atom. The van der Waals surface area contributed by atoms with E-state index in [4.69, 9.17) is 4.74 Å². The lowest BCUT2D eigenvalue weighted by Crippen LogP contribution is -2.42. The summed E-state index contributed by atoms with van der Waals surface area (Å²) in [5.74, 6) is -0.0646. The van der Waals surface area contributed by atoms with Gasteiger partial charge in [0.1, 0.15) is 0 Å². The Morgan fingerprint density at radius 1 is 1.25 bits per heavy atom. The van der Waals surface area contributed by atoms with Gasteiger partial charge in [-0.25, -0.2) is 8.42 Å². The molecular weight excluding hydrogens is 328 g/mol. The molecule has 0 radical (unpaired) electrons. The van der Waals surface area contributed by atoms with Crippen molar-refractivity contribution in [1.29, 1.82) is 0 Å². The molecule has 1 unspecified atom stereocenters. The largest absolute Gasteiger partial charge is 0.379 e. The number of morpholine rings is 1. The third-order valence-electron chi connectivity index (χ3n) is 4.03. The van der Waals surface area contributed by atoms with Gasteiger partial charge in [-0.3, -0.25) is 4.79 Å². The van der Waals surface area contributed by atoms with E-state index in [0.29, 0.717) is 38.8 Å². The smallest absolute Gasteiger partial charge is 0.221 e. The third kappa shape index (κ3) is 6.22. The van der Waals surface area contributed by atoms with Crippen LogP contribution >= 0.6 is 0 Å². The van der Waals surface area contributed by atoms with Gasteiger partial charge in [0.15, 0.2) is 0 Å². The van der Waals surface area contributed by atoms with Crippen molar-refractivity contribution in [3.8, 4) is 0 Å². The summed E-state index contributed by atoms with van der Waals surface area (Å²) < 4.78 is 30.9. The van der Waals surface area contributed by atoms with E-state index in [1.165, 1.54) is 9.87 Å². The summed E-state index contributed by atoms with van der Waals surface area (Å²) in [6.45, 7) is 4.20. The number of rotatable bonds is 8. The van der Waals surface area contributed by atoms with Crippen LogP contribution in [0.2, 0.25) is 0 Å². The number of nitrogens with zero attached hydrogens (tertiary/aromatic N) is 1. The molecule has 134 valence electrons. The molecule has 1 aromatic rings. The predicted octanol–water partition coefficient (Wildman–Crippen LogP) is 1.03. The van der Waals surface area contributed by atoms with E-state index in [1.807, 2.05) is 18.2 Å². The predicted molar refractivity (Wildman–Crippen MR) is 93.1 cm³/mol. The molecule has 1 heterocycles. The minimum atomic E-state index is -3.37. The van der Waals surface area contributed by atoms with Crippen molar-refractivity contribution in [1.82, 2.24) is 9.62 Å². The molecule has 7 heteroatoms. The average molecular weight is 354 g/mol. The standard InChI is InChI=1S/C17H26N2O4S/c1-15(13-16-5-3-2-4-6-16)14-18-17(20)7-12-24(21,22)19-8-10-23-11-9-19/h2-6,15H,7-14H2,1H3,(H,18,20). The fraction of sp³-hybridized carbons (Fsp3) is 0.588. The number of nitrogens with one attached hydrogen (secondary N) is 1. The lowest BCUT2D eigenvalue weighted by atomic mass is 10.0. The summed E-state index contributed by atoms with van der Waals surface area (Å²) in [6.07, 6.45) is 0.880. The zero-order chi connectivity index (χ0) is 17.4. The van der Waals surface area contributed by atoms with Gasteiger partial charge in [0.2, 0.25) is 15.9 Å². The highest BCUT2D eigenvalue weighted by Gasteiger charge is 2.24. The maximum absolute atomic E-state index is 12.2. The Morgan fingerprint density at radius 3 is 2.58 bits per heavy atom. The highest BCUT2D eigenvalue weighted by Crippen LogP contribution is 2.08. The van der Waals surface area contributed by atoms with E-state index in [9.17, 15) is 13.2 Å². The molecule has 1 N–H and O–H groups in total. The lowest BCUT2D eigenvalue weighted by Gasteiger charge is -2.25. The van der Waals surface area contributed by atoms with Crippen LogP contribution in [0.5, 0.6) is 0 Å². The van der Waals surface area contributed by atoms with Crippen molar-refractivity contribution >= 4 is 15.9 Å². The summed E-state index contributed by atoms with van der Waals surface area (Å²) >= 11 is 0. The van der Waals surface area contributed by atoms with Crippen LogP contribution < -0.4 is 5.32 Å². The molecule has 1 atom stereocenters. The van der Waals surface area contributed by atoms with Crippen molar-refractivity contribution < 1.29 is 17.9 Å². The molecule has 0 aliphatic carbocycles. The van der Waals surface area contributed by atoms with Crippen molar-refractivity contribution in [2.75, 3.05) is 38.6 Å². The Balaban J connectivity index is 1.69. The molecule has 24 heavy (non-hydrogen) atoms. The fourth-order valence-corrected chi connectivity index (χ4v) is 4.05. The normalized spacial score (nSPS) is 17.4. The van der Waals surface area contributed by atoms with E-state index < -0.39 is 10.0 Å². The fourth-order valence-electron chi connectivity index (χ4n) is 2.64. The molecule has 1 saturated heterocycles. The average Bonchev–Trinajstić information content (AvgIpc) is 2.60. The van der Waals surface area contributed by atoms with Gasteiger partial charge in [0, 0.05) is 26.1 Å². The highest BCUT2D eigenvalue weighted by atomic mass is 32.2. The molecule has 1 aliphatic rings. The number of carbonyl (C=O) groups is 1. The lowest BCUT2D eigenvalue weighted by molar-refractivity contribution is -0.120. The van der Waals surface area contributed by atoms with Gasteiger partial charge in [-0.15, -0.1) is 0 Å². The minimum absolute atomic E-state index is 0.00223. The molecule has 0 bridgehead atoms. The molecule has 2 rings (SSSR count). The highest BCUT2D eigenvalue weighted by molar-refractivity contribution is 7.89. The Hall–Kier alpha value is -1.44. The third-order valence-corrected chi connectivity index (χ3v) is 5.90. The van der Waals surface area contributed by atoms with Gasteiger partial charge < -0.3 is 10.1 Å². The number of benzene rings is 1. The monoisotopic (exact) mass is 354 g/mol. The van der Waals surface area contributed by atoms with E-state index in [2.05, 4.69) is 24.4 Å². The Kier molecular flexibility index (Phi) is 7.20. The first-order valence-corrected chi connectivity index (χ1v) is 9.94. The zero-order valence-electron chi connectivity index (χ0n) is 14.1. The molecule has 1 amide bonds. The quantitative estimate of drug-likeness (QED) is 0.757. The molecule has 0 aromatic heterocycles. The first-order chi connectivity index (χ1) is 11.5. The summed E-state index contributed by atoms with van der Waals surface area (Å²) in [6, 6.07) is 10.1. The second-order valence-corrected chi connectivity index (χ2v) is 8.26. The maximum atomic E-state index is 12.2.